The van der Waals surface area contributed by atoms with E-state index in [1.54, 1.807) is 10.7 Å². The van der Waals surface area contributed by atoms with Crippen molar-refractivity contribution < 1.29 is 0 Å². The maximum absolute atomic E-state index is 4.34. The Morgan fingerprint density at radius 2 is 1.95 bits per heavy atom. The minimum absolute atomic E-state index is 0.633. The van der Waals surface area contributed by atoms with Crippen LogP contribution in [0.1, 0.15) is 11.4 Å². The number of hydrogen-bond acceptors (Lipinski definition) is 5. The van der Waals surface area contributed by atoms with Gasteiger partial charge >= 0.3 is 0 Å². The van der Waals surface area contributed by atoms with Gasteiger partial charge in [-0.1, -0.05) is 28.1 Å². The highest BCUT2D eigenvalue weighted by molar-refractivity contribution is 9.10. The smallest absolute Gasteiger partial charge is 0.178 e. The van der Waals surface area contributed by atoms with Crippen molar-refractivity contribution in [2.45, 2.75) is 6.92 Å². The SMILES string of the molecule is Cc1nnc2ccc(NN=Cc3ccc(Br)cc3)nn12. The first kappa shape index (κ1) is 12.7. The molecular weight excluding hydrogens is 320 g/mol. The van der Waals surface area contributed by atoms with E-state index in [0.29, 0.717) is 11.5 Å². The molecule has 0 fully saturated rings. The Morgan fingerprint density at radius 1 is 1.15 bits per heavy atom. The molecule has 0 aliphatic heterocycles. The Labute approximate surface area is 123 Å². The van der Waals surface area contributed by atoms with Crippen LogP contribution < -0.4 is 5.43 Å². The Hall–Kier alpha value is -2.28. The summed E-state index contributed by atoms with van der Waals surface area (Å²) in [4.78, 5) is 0. The summed E-state index contributed by atoms with van der Waals surface area (Å²) in [5, 5.41) is 16.4. The van der Waals surface area contributed by atoms with Gasteiger partial charge in [-0.25, -0.2) is 0 Å². The summed E-state index contributed by atoms with van der Waals surface area (Å²) in [6.07, 6.45) is 1.73. The third-order valence-electron chi connectivity index (χ3n) is 2.68. The number of nitrogens with one attached hydrogen (secondary N) is 1. The van der Waals surface area contributed by atoms with Crippen LogP contribution in [0.5, 0.6) is 0 Å². The maximum atomic E-state index is 4.34. The Kier molecular flexibility index (Phi) is 3.42. The zero-order chi connectivity index (χ0) is 13.9. The van der Waals surface area contributed by atoms with Crippen LogP contribution in [0.4, 0.5) is 5.82 Å². The highest BCUT2D eigenvalue weighted by Gasteiger charge is 2.02. The van der Waals surface area contributed by atoms with Crippen molar-refractivity contribution >= 4 is 33.6 Å². The molecule has 0 unspecified atom stereocenters. The molecule has 20 heavy (non-hydrogen) atoms. The van der Waals surface area contributed by atoms with Crippen LogP contribution in [-0.4, -0.2) is 26.0 Å². The first-order chi connectivity index (χ1) is 9.72. The summed E-state index contributed by atoms with van der Waals surface area (Å²) in [6.45, 7) is 1.85. The van der Waals surface area contributed by atoms with E-state index in [4.69, 9.17) is 0 Å². The molecule has 0 aliphatic rings. The molecule has 3 rings (SSSR count). The van der Waals surface area contributed by atoms with Gasteiger partial charge in [-0.2, -0.15) is 9.62 Å². The van der Waals surface area contributed by atoms with Crippen LogP contribution in [0.25, 0.3) is 5.65 Å². The van der Waals surface area contributed by atoms with E-state index in [1.165, 1.54) is 0 Å². The van der Waals surface area contributed by atoms with Gasteiger partial charge in [0.1, 0.15) is 0 Å². The van der Waals surface area contributed by atoms with Crippen molar-refractivity contribution in [2.75, 3.05) is 5.43 Å². The van der Waals surface area contributed by atoms with Crippen LogP contribution in [0.3, 0.4) is 0 Å². The molecule has 0 saturated heterocycles. The largest absolute Gasteiger partial charge is 0.260 e. The third-order valence-corrected chi connectivity index (χ3v) is 3.21. The normalized spacial score (nSPS) is 11.3. The first-order valence-corrected chi connectivity index (χ1v) is 6.75. The Morgan fingerprint density at radius 3 is 2.75 bits per heavy atom. The van der Waals surface area contributed by atoms with Crippen LogP contribution in [0.15, 0.2) is 46.0 Å². The number of aryl methyl sites for hydroxylation is 1. The van der Waals surface area contributed by atoms with E-state index in [0.717, 1.165) is 15.9 Å². The lowest BCUT2D eigenvalue weighted by Gasteiger charge is -2.00. The van der Waals surface area contributed by atoms with Gasteiger partial charge in [-0.15, -0.1) is 15.3 Å². The number of aromatic nitrogens is 4. The van der Waals surface area contributed by atoms with Gasteiger partial charge in [0.15, 0.2) is 17.3 Å². The predicted octanol–water partition coefficient (Wildman–Crippen LogP) is 2.64. The second-order valence-electron chi connectivity index (χ2n) is 4.16. The first-order valence-electron chi connectivity index (χ1n) is 5.96. The van der Waals surface area contributed by atoms with Crippen LogP contribution in [0.2, 0.25) is 0 Å². The lowest BCUT2D eigenvalue weighted by Crippen LogP contribution is -2.00. The molecule has 100 valence electrons. The van der Waals surface area contributed by atoms with Crippen LogP contribution in [-0.2, 0) is 0 Å². The molecule has 0 radical (unpaired) electrons. The maximum Gasteiger partial charge on any atom is 0.178 e. The molecule has 1 aromatic carbocycles. The van der Waals surface area contributed by atoms with Crippen LogP contribution >= 0.6 is 15.9 Å². The number of fused-ring (bicyclic) bond motifs is 1. The van der Waals surface area contributed by atoms with Gasteiger partial charge in [0.05, 0.1) is 6.21 Å². The number of halogens is 1. The second kappa shape index (κ2) is 5.38. The lowest BCUT2D eigenvalue weighted by atomic mass is 10.2. The van der Waals surface area contributed by atoms with E-state index >= 15 is 0 Å². The van der Waals surface area contributed by atoms with Gasteiger partial charge in [0, 0.05) is 4.47 Å². The number of nitrogens with zero attached hydrogens (tertiary/aromatic N) is 5. The topological polar surface area (TPSA) is 67.5 Å². The monoisotopic (exact) mass is 330 g/mol. The zero-order valence-corrected chi connectivity index (χ0v) is 12.2. The minimum Gasteiger partial charge on any atom is -0.260 e. The quantitative estimate of drug-likeness (QED) is 0.592. The van der Waals surface area contributed by atoms with Gasteiger partial charge in [0.2, 0.25) is 0 Å². The molecule has 0 bridgehead atoms. The number of rotatable bonds is 3. The van der Waals surface area contributed by atoms with Crippen molar-refractivity contribution in [3.63, 3.8) is 0 Å². The number of benzene rings is 1. The average Bonchev–Trinajstić information content (AvgIpc) is 2.83. The molecule has 2 aromatic heterocycles. The van der Waals surface area contributed by atoms with Gasteiger partial charge < -0.3 is 0 Å². The highest BCUT2D eigenvalue weighted by Crippen LogP contribution is 2.09. The fourth-order valence-electron chi connectivity index (χ4n) is 1.68. The molecule has 0 atom stereocenters. The summed E-state index contributed by atoms with van der Waals surface area (Å²) in [5.41, 5.74) is 4.60. The Bertz CT molecular complexity index is 762. The fraction of sp³-hybridized carbons (Fsp3) is 0.0769. The molecule has 1 N–H and O–H groups in total. The van der Waals surface area contributed by atoms with Crippen molar-refractivity contribution in [2.24, 2.45) is 5.10 Å². The zero-order valence-electron chi connectivity index (χ0n) is 10.7. The summed E-state index contributed by atoms with van der Waals surface area (Å²) >= 11 is 3.39. The van der Waals surface area contributed by atoms with E-state index < -0.39 is 0 Å². The molecular formula is C13H11BrN6. The fourth-order valence-corrected chi connectivity index (χ4v) is 1.94. The minimum atomic E-state index is 0.633. The summed E-state index contributed by atoms with van der Waals surface area (Å²) in [7, 11) is 0. The van der Waals surface area contributed by atoms with Gasteiger partial charge in [-0.3, -0.25) is 5.43 Å². The lowest BCUT2D eigenvalue weighted by molar-refractivity contribution is 0.875. The van der Waals surface area contributed by atoms with Crippen molar-refractivity contribution in [1.29, 1.82) is 0 Å². The van der Waals surface area contributed by atoms with Crippen LogP contribution in [0, 0.1) is 6.92 Å². The van der Waals surface area contributed by atoms with E-state index in [-0.39, 0.29) is 0 Å². The molecule has 3 aromatic rings. The molecule has 2 heterocycles. The molecule has 0 spiro atoms. The standard InChI is InChI=1S/C13H11BrN6/c1-9-16-18-13-7-6-12(19-20(9)13)17-15-8-10-2-4-11(14)5-3-10/h2-8H,1H3,(H,17,19). The number of hydrogen-bond donors (Lipinski definition) is 1. The van der Waals surface area contributed by atoms with E-state index in [2.05, 4.69) is 41.8 Å². The number of hydrazone groups is 1. The van der Waals surface area contributed by atoms with Crippen molar-refractivity contribution in [3.05, 3.63) is 52.3 Å². The third kappa shape index (κ3) is 2.67. The number of anilines is 1. The Balaban J connectivity index is 1.76. The summed E-state index contributed by atoms with van der Waals surface area (Å²) in [6, 6.07) is 11.5. The molecule has 6 nitrogen and oxygen atoms in total. The van der Waals surface area contributed by atoms with Crippen molar-refractivity contribution in [1.82, 2.24) is 19.8 Å². The predicted molar refractivity (Wildman–Crippen MR) is 80.9 cm³/mol. The summed E-state index contributed by atoms with van der Waals surface area (Å²) in [5.74, 6) is 1.37. The molecule has 0 saturated carbocycles. The van der Waals surface area contributed by atoms with Gasteiger partial charge in [-0.05, 0) is 36.8 Å². The second-order valence-corrected chi connectivity index (χ2v) is 5.07. The van der Waals surface area contributed by atoms with E-state index in [9.17, 15) is 0 Å². The highest BCUT2D eigenvalue weighted by atomic mass is 79.9. The summed E-state index contributed by atoms with van der Waals surface area (Å²) < 4.78 is 2.70. The molecule has 0 aliphatic carbocycles. The van der Waals surface area contributed by atoms with E-state index in [1.807, 2.05) is 43.3 Å². The van der Waals surface area contributed by atoms with Gasteiger partial charge in [0.25, 0.3) is 0 Å². The molecule has 0 amide bonds. The van der Waals surface area contributed by atoms with Crippen molar-refractivity contribution in [3.8, 4) is 0 Å². The molecule has 7 heteroatoms. The average molecular weight is 331 g/mol.